The van der Waals surface area contributed by atoms with Crippen LogP contribution >= 0.6 is 11.6 Å². The summed E-state index contributed by atoms with van der Waals surface area (Å²) in [6, 6.07) is 10.1. The van der Waals surface area contributed by atoms with Crippen molar-refractivity contribution < 1.29 is 19.0 Å². The Morgan fingerprint density at radius 1 is 1.20 bits per heavy atom. The minimum absolute atomic E-state index is 0.0191. The second-order valence-corrected chi connectivity index (χ2v) is 6.09. The molecule has 4 nitrogen and oxygen atoms in total. The average molecular weight is 368 g/mol. The molecule has 2 aromatic carbocycles. The second-order valence-electron chi connectivity index (χ2n) is 5.68. The number of nitrogens with one attached hydrogen (secondary N) is 1. The van der Waals surface area contributed by atoms with Crippen molar-refractivity contribution in [3.63, 3.8) is 0 Å². The third kappa shape index (κ3) is 5.88. The SMILES string of the molecule is CCOc1cc(CNC[C@H](C)O)ccc1OCc1c(F)cccc1Cl. The number of benzene rings is 2. The summed E-state index contributed by atoms with van der Waals surface area (Å²) in [6.07, 6.45) is -0.403. The fourth-order valence-corrected chi connectivity index (χ4v) is 2.51. The molecule has 0 aliphatic rings. The molecule has 25 heavy (non-hydrogen) atoms. The van der Waals surface area contributed by atoms with Gasteiger partial charge in [-0.2, -0.15) is 0 Å². The molecule has 0 saturated heterocycles. The molecule has 2 rings (SSSR count). The van der Waals surface area contributed by atoms with E-state index in [2.05, 4.69) is 5.32 Å². The predicted octanol–water partition coefficient (Wildman–Crippen LogP) is 3.93. The van der Waals surface area contributed by atoms with E-state index in [1.807, 2.05) is 19.1 Å². The molecule has 0 bridgehead atoms. The molecule has 0 fully saturated rings. The van der Waals surface area contributed by atoms with E-state index in [-0.39, 0.29) is 6.61 Å². The van der Waals surface area contributed by atoms with E-state index < -0.39 is 11.9 Å². The number of ether oxygens (including phenoxy) is 2. The zero-order chi connectivity index (χ0) is 18.2. The molecular weight excluding hydrogens is 345 g/mol. The van der Waals surface area contributed by atoms with Gasteiger partial charge in [0.05, 0.1) is 17.7 Å². The van der Waals surface area contributed by atoms with Crippen molar-refractivity contribution in [2.75, 3.05) is 13.2 Å². The van der Waals surface area contributed by atoms with E-state index in [0.29, 0.717) is 41.8 Å². The Hall–Kier alpha value is -1.82. The quantitative estimate of drug-likeness (QED) is 0.705. The minimum Gasteiger partial charge on any atom is -0.490 e. The minimum atomic E-state index is -0.403. The monoisotopic (exact) mass is 367 g/mol. The van der Waals surface area contributed by atoms with Gasteiger partial charge in [-0.15, -0.1) is 0 Å². The average Bonchev–Trinajstić information content (AvgIpc) is 2.56. The van der Waals surface area contributed by atoms with Crippen LogP contribution in [-0.2, 0) is 13.2 Å². The van der Waals surface area contributed by atoms with Crippen molar-refractivity contribution in [3.8, 4) is 11.5 Å². The van der Waals surface area contributed by atoms with Crippen LogP contribution in [0.2, 0.25) is 5.02 Å². The van der Waals surface area contributed by atoms with Crippen LogP contribution in [0.5, 0.6) is 11.5 Å². The van der Waals surface area contributed by atoms with Crippen molar-refractivity contribution in [1.29, 1.82) is 0 Å². The molecule has 0 spiro atoms. The van der Waals surface area contributed by atoms with Gasteiger partial charge in [0.15, 0.2) is 11.5 Å². The van der Waals surface area contributed by atoms with Crippen molar-refractivity contribution in [2.24, 2.45) is 0 Å². The zero-order valence-corrected chi connectivity index (χ0v) is 15.1. The van der Waals surface area contributed by atoms with Gasteiger partial charge in [-0.1, -0.05) is 23.7 Å². The highest BCUT2D eigenvalue weighted by Crippen LogP contribution is 2.30. The van der Waals surface area contributed by atoms with Crippen LogP contribution in [0.25, 0.3) is 0 Å². The van der Waals surface area contributed by atoms with Crippen LogP contribution in [0.4, 0.5) is 4.39 Å². The Labute approximate surface area is 152 Å². The maximum absolute atomic E-state index is 13.8. The zero-order valence-electron chi connectivity index (χ0n) is 14.4. The summed E-state index contributed by atoms with van der Waals surface area (Å²) in [6.45, 7) is 5.23. The molecule has 2 aromatic rings. The summed E-state index contributed by atoms with van der Waals surface area (Å²) in [7, 11) is 0. The first-order valence-corrected chi connectivity index (χ1v) is 8.59. The smallest absolute Gasteiger partial charge is 0.161 e. The number of aliphatic hydroxyl groups is 1. The van der Waals surface area contributed by atoms with Crippen LogP contribution in [0.15, 0.2) is 36.4 Å². The van der Waals surface area contributed by atoms with Crippen LogP contribution < -0.4 is 14.8 Å². The number of hydrogen-bond donors (Lipinski definition) is 2. The summed E-state index contributed by atoms with van der Waals surface area (Å²) >= 11 is 6.02. The molecule has 0 unspecified atom stereocenters. The standard InChI is InChI=1S/C19H23ClFNO3/c1-3-24-19-9-14(11-22-10-13(2)23)7-8-18(19)25-12-15-16(20)5-4-6-17(15)21/h4-9,13,22-23H,3,10-12H2,1-2H3/t13-/m0/s1. The lowest BCUT2D eigenvalue weighted by molar-refractivity contribution is 0.191. The first kappa shape index (κ1) is 19.5. The van der Waals surface area contributed by atoms with Crippen molar-refractivity contribution in [3.05, 3.63) is 58.4 Å². The fourth-order valence-electron chi connectivity index (χ4n) is 2.30. The highest BCUT2D eigenvalue weighted by Gasteiger charge is 2.11. The molecular formula is C19H23ClFNO3. The fraction of sp³-hybridized carbons (Fsp3) is 0.368. The van der Waals surface area contributed by atoms with E-state index in [9.17, 15) is 9.50 Å². The predicted molar refractivity (Wildman–Crippen MR) is 96.7 cm³/mol. The lowest BCUT2D eigenvalue weighted by atomic mass is 10.2. The summed E-state index contributed by atoms with van der Waals surface area (Å²) < 4.78 is 25.2. The lowest BCUT2D eigenvalue weighted by Gasteiger charge is -2.15. The molecule has 136 valence electrons. The molecule has 0 heterocycles. The first-order valence-electron chi connectivity index (χ1n) is 8.21. The molecule has 0 saturated carbocycles. The van der Waals surface area contributed by atoms with E-state index in [1.165, 1.54) is 6.07 Å². The number of aliphatic hydroxyl groups excluding tert-OH is 1. The third-order valence-electron chi connectivity index (χ3n) is 3.51. The maximum Gasteiger partial charge on any atom is 0.161 e. The van der Waals surface area contributed by atoms with Gasteiger partial charge in [0.1, 0.15) is 12.4 Å². The van der Waals surface area contributed by atoms with Gasteiger partial charge >= 0.3 is 0 Å². The van der Waals surface area contributed by atoms with Crippen molar-refractivity contribution in [1.82, 2.24) is 5.32 Å². The molecule has 0 radical (unpaired) electrons. The van der Waals surface area contributed by atoms with Gasteiger partial charge in [-0.25, -0.2) is 4.39 Å². The highest BCUT2D eigenvalue weighted by atomic mass is 35.5. The number of hydrogen-bond acceptors (Lipinski definition) is 4. The molecule has 1 atom stereocenters. The maximum atomic E-state index is 13.8. The van der Waals surface area contributed by atoms with Gasteiger partial charge in [0.25, 0.3) is 0 Å². The van der Waals surface area contributed by atoms with Crippen LogP contribution in [0.3, 0.4) is 0 Å². The Bertz CT molecular complexity index is 674. The second kappa shape index (κ2) is 9.61. The van der Waals surface area contributed by atoms with Gasteiger partial charge in [-0.05, 0) is 43.7 Å². The summed E-state index contributed by atoms with van der Waals surface area (Å²) in [5.74, 6) is 0.719. The Balaban J connectivity index is 2.08. The van der Waals surface area contributed by atoms with Gasteiger partial charge in [-0.3, -0.25) is 0 Å². The highest BCUT2D eigenvalue weighted by molar-refractivity contribution is 6.31. The molecule has 0 aromatic heterocycles. The van der Waals surface area contributed by atoms with Crippen molar-refractivity contribution in [2.45, 2.75) is 33.1 Å². The summed E-state index contributed by atoms with van der Waals surface area (Å²) in [5.41, 5.74) is 1.31. The topological polar surface area (TPSA) is 50.7 Å². The normalized spacial score (nSPS) is 12.0. The molecule has 0 aliphatic heterocycles. The van der Waals surface area contributed by atoms with E-state index >= 15 is 0 Å². The number of rotatable bonds is 9. The van der Waals surface area contributed by atoms with Crippen molar-refractivity contribution >= 4 is 11.6 Å². The molecule has 0 aliphatic carbocycles. The number of halogens is 2. The molecule has 6 heteroatoms. The van der Waals surface area contributed by atoms with E-state index in [4.69, 9.17) is 21.1 Å². The summed E-state index contributed by atoms with van der Waals surface area (Å²) in [5, 5.41) is 12.8. The Morgan fingerprint density at radius 3 is 2.68 bits per heavy atom. The van der Waals surface area contributed by atoms with Gasteiger partial charge in [0, 0.05) is 18.7 Å². The Kier molecular flexibility index (Phi) is 7.50. The van der Waals surface area contributed by atoms with Gasteiger partial charge < -0.3 is 19.9 Å². The van der Waals surface area contributed by atoms with Crippen LogP contribution in [0, 0.1) is 5.82 Å². The Morgan fingerprint density at radius 2 is 2.00 bits per heavy atom. The van der Waals surface area contributed by atoms with E-state index in [0.717, 1.165) is 5.56 Å². The first-order chi connectivity index (χ1) is 12.0. The van der Waals surface area contributed by atoms with E-state index in [1.54, 1.807) is 25.1 Å². The molecule has 0 amide bonds. The lowest BCUT2D eigenvalue weighted by Crippen LogP contribution is -2.23. The largest absolute Gasteiger partial charge is 0.490 e. The van der Waals surface area contributed by atoms with Crippen LogP contribution in [0.1, 0.15) is 25.0 Å². The summed E-state index contributed by atoms with van der Waals surface area (Å²) in [4.78, 5) is 0. The molecule has 2 N–H and O–H groups in total. The van der Waals surface area contributed by atoms with Crippen LogP contribution in [-0.4, -0.2) is 24.4 Å². The van der Waals surface area contributed by atoms with Gasteiger partial charge in [0.2, 0.25) is 0 Å². The third-order valence-corrected chi connectivity index (χ3v) is 3.86.